The lowest BCUT2D eigenvalue weighted by Gasteiger charge is -2.03. The van der Waals surface area contributed by atoms with Gasteiger partial charge in [0.1, 0.15) is 5.76 Å². The maximum Gasteiger partial charge on any atom is 0.264 e. The molecule has 3 heterocycles. The van der Waals surface area contributed by atoms with Crippen molar-refractivity contribution in [1.82, 2.24) is 10.3 Å². The van der Waals surface area contributed by atoms with E-state index in [2.05, 4.69) is 31.2 Å². The Labute approximate surface area is 150 Å². The second-order valence-corrected chi connectivity index (χ2v) is 6.85. The predicted octanol–water partition coefficient (Wildman–Crippen LogP) is 4.48. The number of nitrogens with zero attached hydrogens (tertiary/aromatic N) is 2. The smallest absolute Gasteiger partial charge is 0.264 e. The first kappa shape index (κ1) is 15.2. The molecule has 1 saturated heterocycles. The Balaban J connectivity index is 1.70. The Kier molecular flexibility index (Phi) is 3.95. The Bertz CT molecular complexity index is 996. The normalized spacial score (nSPS) is 17.8. The fraction of sp³-hybridized carbons (Fsp3) is 0. The molecule has 0 spiro atoms. The number of rotatable bonds is 2. The molecule has 1 aliphatic rings. The van der Waals surface area contributed by atoms with E-state index >= 15 is 0 Å². The molecule has 2 aromatic heterocycles. The molecular formula is C17H10BrN3O2S. The number of benzene rings is 1. The molecular weight excluding hydrogens is 390 g/mol. The van der Waals surface area contributed by atoms with E-state index in [0.717, 1.165) is 15.4 Å². The molecule has 0 bridgehead atoms. The third-order valence-corrected chi connectivity index (χ3v) is 4.99. The molecule has 24 heavy (non-hydrogen) atoms. The monoisotopic (exact) mass is 399 g/mol. The van der Waals surface area contributed by atoms with Crippen LogP contribution in [0.5, 0.6) is 0 Å². The zero-order valence-electron chi connectivity index (χ0n) is 12.2. The number of thioether (sulfide) groups is 1. The van der Waals surface area contributed by atoms with Gasteiger partial charge in [0, 0.05) is 22.1 Å². The first-order valence-electron chi connectivity index (χ1n) is 7.07. The highest BCUT2D eigenvalue weighted by molar-refractivity contribution is 9.10. The van der Waals surface area contributed by atoms with Gasteiger partial charge in [-0.25, -0.2) is 4.99 Å². The summed E-state index contributed by atoms with van der Waals surface area (Å²) >= 11 is 4.79. The minimum atomic E-state index is -0.190. The Morgan fingerprint density at radius 3 is 3.00 bits per heavy atom. The van der Waals surface area contributed by atoms with Crippen LogP contribution in [0.4, 0.5) is 5.69 Å². The number of hydrogen-bond donors (Lipinski definition) is 1. The zero-order chi connectivity index (χ0) is 16.5. The third kappa shape index (κ3) is 2.88. The third-order valence-electron chi connectivity index (χ3n) is 3.38. The van der Waals surface area contributed by atoms with Gasteiger partial charge in [-0.05, 0) is 42.1 Å². The molecule has 0 atom stereocenters. The summed E-state index contributed by atoms with van der Waals surface area (Å²) < 4.78 is 6.20. The summed E-state index contributed by atoms with van der Waals surface area (Å²) in [4.78, 5) is 21.6. The highest BCUT2D eigenvalue weighted by Crippen LogP contribution is 2.33. The molecule has 5 nitrogen and oxygen atoms in total. The molecule has 1 aromatic carbocycles. The maximum atomic E-state index is 12.1. The van der Waals surface area contributed by atoms with Gasteiger partial charge in [-0.15, -0.1) is 0 Å². The quantitative estimate of drug-likeness (QED) is 0.644. The summed E-state index contributed by atoms with van der Waals surface area (Å²) in [5.41, 5.74) is 1.48. The van der Waals surface area contributed by atoms with Gasteiger partial charge in [0.15, 0.2) is 5.17 Å². The molecule has 1 fully saturated rings. The van der Waals surface area contributed by atoms with Crippen LogP contribution >= 0.6 is 27.7 Å². The number of carbonyl (C=O) groups excluding carboxylic acids is 1. The summed E-state index contributed by atoms with van der Waals surface area (Å²) in [7, 11) is 0. The van der Waals surface area contributed by atoms with Gasteiger partial charge < -0.3 is 9.73 Å². The van der Waals surface area contributed by atoms with Crippen LogP contribution < -0.4 is 5.32 Å². The minimum Gasteiger partial charge on any atom is -0.465 e. The number of aromatic nitrogens is 1. The number of amides is 1. The van der Waals surface area contributed by atoms with Crippen molar-refractivity contribution >= 4 is 61.4 Å². The number of carbonyl (C=O) groups is 1. The van der Waals surface area contributed by atoms with E-state index < -0.39 is 0 Å². The Morgan fingerprint density at radius 1 is 1.25 bits per heavy atom. The largest absolute Gasteiger partial charge is 0.465 e. The number of aliphatic imine (C=N–C) groups is 1. The standard InChI is InChI=1S/C17H10BrN3O2S/c18-12-5-6-13(15-11(12)4-1-7-19-15)20-17-21-16(22)14(24-17)9-10-3-2-8-23-10/h1-9H,(H,20,21,22)/b14-9-. The van der Waals surface area contributed by atoms with Crippen LogP contribution in [-0.4, -0.2) is 16.1 Å². The Morgan fingerprint density at radius 2 is 2.17 bits per heavy atom. The summed E-state index contributed by atoms with van der Waals surface area (Å²) in [6, 6.07) is 11.2. The van der Waals surface area contributed by atoms with Gasteiger partial charge in [0.25, 0.3) is 5.91 Å². The lowest BCUT2D eigenvalue weighted by molar-refractivity contribution is -0.115. The number of fused-ring (bicyclic) bond motifs is 1. The van der Waals surface area contributed by atoms with E-state index in [9.17, 15) is 4.79 Å². The Hall–Kier alpha value is -2.38. The van der Waals surface area contributed by atoms with Crippen molar-refractivity contribution in [3.05, 3.63) is 64.0 Å². The second-order valence-electron chi connectivity index (χ2n) is 4.96. The molecule has 3 aromatic rings. The highest BCUT2D eigenvalue weighted by Gasteiger charge is 2.24. The van der Waals surface area contributed by atoms with Gasteiger partial charge >= 0.3 is 0 Å². The molecule has 0 unspecified atom stereocenters. The minimum absolute atomic E-state index is 0.190. The van der Waals surface area contributed by atoms with Crippen molar-refractivity contribution in [3.63, 3.8) is 0 Å². The number of pyridine rings is 1. The molecule has 0 aliphatic carbocycles. The van der Waals surface area contributed by atoms with Gasteiger partial charge in [0.05, 0.1) is 22.4 Å². The topological polar surface area (TPSA) is 67.5 Å². The van der Waals surface area contributed by atoms with Crippen molar-refractivity contribution in [2.24, 2.45) is 4.99 Å². The molecule has 1 amide bonds. The van der Waals surface area contributed by atoms with Gasteiger partial charge in [-0.2, -0.15) is 0 Å². The van der Waals surface area contributed by atoms with Crippen LogP contribution in [0.2, 0.25) is 0 Å². The maximum absolute atomic E-state index is 12.1. The summed E-state index contributed by atoms with van der Waals surface area (Å²) in [5, 5.41) is 4.26. The highest BCUT2D eigenvalue weighted by atomic mass is 79.9. The SMILES string of the molecule is O=C1NC(=Nc2ccc(Br)c3cccnc23)S/C1=C\c1ccco1. The molecule has 0 radical (unpaired) electrons. The molecule has 1 N–H and O–H groups in total. The fourth-order valence-electron chi connectivity index (χ4n) is 2.31. The van der Waals surface area contributed by atoms with E-state index in [4.69, 9.17) is 4.42 Å². The van der Waals surface area contributed by atoms with Crippen LogP contribution in [-0.2, 0) is 4.79 Å². The summed E-state index contributed by atoms with van der Waals surface area (Å²) in [5.74, 6) is 0.439. The lowest BCUT2D eigenvalue weighted by atomic mass is 10.2. The first-order valence-corrected chi connectivity index (χ1v) is 8.68. The van der Waals surface area contributed by atoms with Crippen molar-refractivity contribution in [1.29, 1.82) is 0 Å². The number of hydrogen-bond acceptors (Lipinski definition) is 5. The molecule has 7 heteroatoms. The van der Waals surface area contributed by atoms with Crippen molar-refractivity contribution in [2.45, 2.75) is 0 Å². The van der Waals surface area contributed by atoms with Crippen molar-refractivity contribution in [3.8, 4) is 0 Å². The van der Waals surface area contributed by atoms with E-state index in [1.807, 2.05) is 24.3 Å². The van der Waals surface area contributed by atoms with Crippen LogP contribution in [0.25, 0.3) is 17.0 Å². The van der Waals surface area contributed by atoms with E-state index in [0.29, 0.717) is 21.5 Å². The molecule has 0 saturated carbocycles. The van der Waals surface area contributed by atoms with Crippen LogP contribution in [0.1, 0.15) is 5.76 Å². The fourth-order valence-corrected chi connectivity index (χ4v) is 3.57. The van der Waals surface area contributed by atoms with Crippen LogP contribution in [0.3, 0.4) is 0 Å². The van der Waals surface area contributed by atoms with E-state index in [-0.39, 0.29) is 5.91 Å². The van der Waals surface area contributed by atoms with Gasteiger partial charge in [-0.3, -0.25) is 9.78 Å². The summed E-state index contributed by atoms with van der Waals surface area (Å²) in [6.07, 6.45) is 4.99. The van der Waals surface area contributed by atoms with E-state index in [1.54, 1.807) is 30.7 Å². The van der Waals surface area contributed by atoms with Gasteiger partial charge in [0.2, 0.25) is 0 Å². The second kappa shape index (κ2) is 6.26. The first-order chi connectivity index (χ1) is 11.7. The average Bonchev–Trinajstić information content (AvgIpc) is 3.21. The molecule has 4 rings (SSSR count). The zero-order valence-corrected chi connectivity index (χ0v) is 14.6. The molecule has 118 valence electrons. The average molecular weight is 400 g/mol. The van der Waals surface area contributed by atoms with Crippen LogP contribution in [0, 0.1) is 0 Å². The predicted molar refractivity (Wildman–Crippen MR) is 99.0 cm³/mol. The van der Waals surface area contributed by atoms with E-state index in [1.165, 1.54) is 11.8 Å². The number of halogens is 1. The molecule has 1 aliphatic heterocycles. The lowest BCUT2D eigenvalue weighted by Crippen LogP contribution is -2.19. The number of furan rings is 1. The van der Waals surface area contributed by atoms with Crippen molar-refractivity contribution < 1.29 is 9.21 Å². The van der Waals surface area contributed by atoms with Gasteiger partial charge in [-0.1, -0.05) is 22.0 Å². The van der Waals surface area contributed by atoms with Crippen LogP contribution in [0.15, 0.2) is 67.6 Å². The summed E-state index contributed by atoms with van der Waals surface area (Å²) in [6.45, 7) is 0. The number of amidine groups is 1. The number of nitrogens with one attached hydrogen (secondary N) is 1. The van der Waals surface area contributed by atoms with Crippen molar-refractivity contribution in [2.75, 3.05) is 0 Å².